The van der Waals surface area contributed by atoms with Gasteiger partial charge in [-0.2, -0.15) is 5.10 Å². The van der Waals surface area contributed by atoms with Crippen LogP contribution in [-0.2, 0) is 9.59 Å². The topological polar surface area (TPSA) is 88.1 Å². The van der Waals surface area contributed by atoms with E-state index in [-0.39, 0.29) is 29.2 Å². The highest BCUT2D eigenvalue weighted by atomic mass is 79.9. The molecule has 0 aromatic heterocycles. The van der Waals surface area contributed by atoms with Crippen LogP contribution in [0.5, 0.6) is 0 Å². The molecule has 28 heavy (non-hydrogen) atoms. The number of carbonyl (C=O) groups is 2. The number of nitrogens with two attached hydrogens (primary N) is 1. The minimum atomic E-state index is -0.652. The van der Waals surface area contributed by atoms with Crippen LogP contribution in [0.1, 0.15) is 18.9 Å². The third-order valence-corrected chi connectivity index (χ3v) is 5.52. The highest BCUT2D eigenvalue weighted by Crippen LogP contribution is 2.30. The van der Waals surface area contributed by atoms with Crippen molar-refractivity contribution in [1.29, 1.82) is 0 Å². The maximum absolute atomic E-state index is 13.0. The van der Waals surface area contributed by atoms with Gasteiger partial charge in [-0.15, -0.1) is 5.10 Å². The van der Waals surface area contributed by atoms with Crippen molar-refractivity contribution in [3.63, 3.8) is 0 Å². The summed E-state index contributed by atoms with van der Waals surface area (Å²) in [5, 5.41) is 7.36. The number of thioether (sulfide) groups is 1. The zero-order valence-electron chi connectivity index (χ0n) is 14.8. The van der Waals surface area contributed by atoms with Gasteiger partial charge in [0, 0.05) is 10.9 Å². The molecule has 1 saturated heterocycles. The summed E-state index contributed by atoms with van der Waals surface area (Å²) in [4.78, 5) is 26.1. The summed E-state index contributed by atoms with van der Waals surface area (Å²) in [5.74, 6) is -0.965. The molecule has 0 spiro atoms. The number of anilines is 1. The molecule has 0 unspecified atom stereocenters. The van der Waals surface area contributed by atoms with Gasteiger partial charge in [0.1, 0.15) is 11.1 Å². The SMILES string of the molecule is C/C(=N/N=C(N)S[C@@H]1CC(=O)N(c2ccc(Br)cc2)C1=O)c1ccc(F)cc1. The third kappa shape index (κ3) is 4.66. The Morgan fingerprint density at radius 2 is 1.79 bits per heavy atom. The minimum Gasteiger partial charge on any atom is -0.377 e. The molecule has 1 aliphatic heterocycles. The average Bonchev–Trinajstić information content (AvgIpc) is 2.94. The predicted molar refractivity (Wildman–Crippen MR) is 113 cm³/mol. The maximum atomic E-state index is 13.0. The molecule has 9 heteroatoms. The maximum Gasteiger partial charge on any atom is 0.247 e. The van der Waals surface area contributed by atoms with Gasteiger partial charge in [-0.3, -0.25) is 9.59 Å². The predicted octanol–water partition coefficient (Wildman–Crippen LogP) is 3.69. The average molecular weight is 463 g/mol. The smallest absolute Gasteiger partial charge is 0.247 e. The van der Waals surface area contributed by atoms with E-state index in [1.165, 1.54) is 12.1 Å². The number of halogens is 2. The summed E-state index contributed by atoms with van der Waals surface area (Å²) in [6.45, 7) is 1.72. The molecule has 2 aromatic rings. The van der Waals surface area contributed by atoms with Gasteiger partial charge in [-0.05, 0) is 48.9 Å². The summed E-state index contributed by atoms with van der Waals surface area (Å²) in [6.07, 6.45) is 0.0381. The Labute approximate surface area is 173 Å². The van der Waals surface area contributed by atoms with Crippen molar-refractivity contribution in [1.82, 2.24) is 0 Å². The zero-order chi connectivity index (χ0) is 20.3. The Morgan fingerprint density at radius 3 is 2.43 bits per heavy atom. The normalized spacial score (nSPS) is 18.1. The third-order valence-electron chi connectivity index (χ3n) is 4.01. The quantitative estimate of drug-likeness (QED) is 0.324. The van der Waals surface area contributed by atoms with Gasteiger partial charge in [0.25, 0.3) is 0 Å². The Morgan fingerprint density at radius 1 is 1.14 bits per heavy atom. The van der Waals surface area contributed by atoms with E-state index in [4.69, 9.17) is 5.73 Å². The van der Waals surface area contributed by atoms with Crippen molar-refractivity contribution in [2.45, 2.75) is 18.6 Å². The van der Waals surface area contributed by atoms with Crippen LogP contribution in [-0.4, -0.2) is 27.9 Å². The summed E-state index contributed by atoms with van der Waals surface area (Å²) >= 11 is 4.32. The molecule has 2 aromatic carbocycles. The first-order valence-electron chi connectivity index (χ1n) is 8.28. The Hall–Kier alpha value is -2.52. The summed E-state index contributed by atoms with van der Waals surface area (Å²) in [5.41, 5.74) is 7.64. The molecule has 3 rings (SSSR count). The van der Waals surface area contributed by atoms with Crippen LogP contribution in [0.4, 0.5) is 10.1 Å². The molecule has 0 bridgehead atoms. The van der Waals surface area contributed by atoms with Gasteiger partial charge in [0.2, 0.25) is 11.8 Å². The zero-order valence-corrected chi connectivity index (χ0v) is 17.2. The largest absolute Gasteiger partial charge is 0.377 e. The van der Waals surface area contributed by atoms with Crippen molar-refractivity contribution >= 4 is 56.1 Å². The van der Waals surface area contributed by atoms with E-state index in [2.05, 4.69) is 26.1 Å². The molecule has 1 atom stereocenters. The Bertz CT molecular complexity index is 961. The van der Waals surface area contributed by atoms with Crippen LogP contribution in [0.3, 0.4) is 0 Å². The molecule has 0 saturated carbocycles. The highest BCUT2D eigenvalue weighted by Gasteiger charge is 2.40. The van der Waals surface area contributed by atoms with E-state index in [9.17, 15) is 14.0 Å². The number of amidine groups is 1. The fourth-order valence-corrected chi connectivity index (χ4v) is 3.68. The lowest BCUT2D eigenvalue weighted by molar-refractivity contribution is -0.121. The Balaban J connectivity index is 1.69. The molecule has 1 heterocycles. The summed E-state index contributed by atoms with van der Waals surface area (Å²) in [6, 6.07) is 12.7. The standard InChI is InChI=1S/C19H16BrFN4O2S/c1-11(12-2-6-14(21)7-3-12)23-24-19(22)28-16-10-17(26)25(18(16)27)15-8-4-13(20)5-9-15/h2-9,16H,10H2,1H3,(H2,22,24)/b23-11-/t16-/m1/s1. The first kappa shape index (κ1) is 20.2. The number of benzene rings is 2. The van der Waals surface area contributed by atoms with Crippen LogP contribution in [0.15, 0.2) is 63.2 Å². The van der Waals surface area contributed by atoms with Gasteiger partial charge in [0.05, 0.1) is 11.4 Å². The second-order valence-electron chi connectivity index (χ2n) is 5.98. The second kappa shape index (κ2) is 8.66. The van der Waals surface area contributed by atoms with Gasteiger partial charge in [-0.1, -0.05) is 39.8 Å². The number of imide groups is 1. The fourth-order valence-electron chi connectivity index (χ4n) is 2.60. The van der Waals surface area contributed by atoms with Crippen LogP contribution in [0.2, 0.25) is 0 Å². The van der Waals surface area contributed by atoms with Gasteiger partial charge in [-0.25, -0.2) is 9.29 Å². The van der Waals surface area contributed by atoms with Crippen LogP contribution >= 0.6 is 27.7 Å². The highest BCUT2D eigenvalue weighted by molar-refractivity contribution is 9.10. The molecule has 0 aliphatic carbocycles. The van der Waals surface area contributed by atoms with E-state index >= 15 is 0 Å². The molecular formula is C19H16BrFN4O2S. The lowest BCUT2D eigenvalue weighted by Gasteiger charge is -2.14. The van der Waals surface area contributed by atoms with Crippen molar-refractivity contribution in [2.24, 2.45) is 15.9 Å². The van der Waals surface area contributed by atoms with E-state index in [1.807, 2.05) is 0 Å². The first-order chi connectivity index (χ1) is 13.3. The number of hydrogen-bond donors (Lipinski definition) is 1. The van der Waals surface area contributed by atoms with E-state index in [1.54, 1.807) is 43.3 Å². The minimum absolute atomic E-state index is 0.0381. The molecule has 2 amide bonds. The Kier molecular flexibility index (Phi) is 6.25. The van der Waals surface area contributed by atoms with E-state index in [0.717, 1.165) is 21.1 Å². The van der Waals surface area contributed by atoms with Crippen molar-refractivity contribution in [3.8, 4) is 0 Å². The van der Waals surface area contributed by atoms with Crippen LogP contribution < -0.4 is 10.6 Å². The van der Waals surface area contributed by atoms with Gasteiger partial charge in [0.15, 0.2) is 5.17 Å². The summed E-state index contributed by atoms with van der Waals surface area (Å²) < 4.78 is 13.8. The number of rotatable bonds is 4. The van der Waals surface area contributed by atoms with E-state index in [0.29, 0.717) is 17.0 Å². The fraction of sp³-hybridized carbons (Fsp3) is 0.158. The van der Waals surface area contributed by atoms with Crippen molar-refractivity contribution in [3.05, 3.63) is 64.4 Å². The van der Waals surface area contributed by atoms with Crippen molar-refractivity contribution in [2.75, 3.05) is 4.90 Å². The molecule has 0 radical (unpaired) electrons. The first-order valence-corrected chi connectivity index (χ1v) is 9.95. The van der Waals surface area contributed by atoms with E-state index < -0.39 is 5.25 Å². The van der Waals surface area contributed by atoms with Gasteiger partial charge < -0.3 is 5.73 Å². The molecule has 1 fully saturated rings. The van der Waals surface area contributed by atoms with Crippen molar-refractivity contribution < 1.29 is 14.0 Å². The molecule has 2 N–H and O–H groups in total. The summed E-state index contributed by atoms with van der Waals surface area (Å²) in [7, 11) is 0. The lowest BCUT2D eigenvalue weighted by atomic mass is 10.1. The number of nitrogens with zero attached hydrogens (tertiary/aromatic N) is 3. The molecular weight excluding hydrogens is 447 g/mol. The molecule has 1 aliphatic rings. The second-order valence-corrected chi connectivity index (χ2v) is 8.12. The molecule has 144 valence electrons. The monoisotopic (exact) mass is 462 g/mol. The lowest BCUT2D eigenvalue weighted by Crippen LogP contribution is -2.31. The number of carbonyl (C=O) groups excluding carboxylic acids is 2. The van der Waals surface area contributed by atoms with Crippen LogP contribution in [0.25, 0.3) is 0 Å². The number of hydrogen-bond acceptors (Lipinski definition) is 5. The van der Waals surface area contributed by atoms with Crippen LogP contribution in [0, 0.1) is 5.82 Å². The molecule has 6 nitrogen and oxygen atoms in total. The van der Waals surface area contributed by atoms with Gasteiger partial charge >= 0.3 is 0 Å². The number of amides is 2.